The molecule has 0 spiro atoms. The number of pyridine rings is 1. The maximum atomic E-state index is 13.7. The van der Waals surface area contributed by atoms with Crippen molar-refractivity contribution in [1.29, 1.82) is 0 Å². The van der Waals surface area contributed by atoms with Crippen molar-refractivity contribution in [3.05, 3.63) is 47.7 Å². The Balaban J connectivity index is 1.74. The van der Waals surface area contributed by atoms with Gasteiger partial charge in [-0.25, -0.2) is 10.4 Å². The molecule has 3 heterocycles. The highest BCUT2D eigenvalue weighted by molar-refractivity contribution is 5.94. The second kappa shape index (κ2) is 13.6. The molecule has 1 aromatic carbocycles. The molecular formula is C32H43N5O6. The van der Waals surface area contributed by atoms with Crippen molar-refractivity contribution in [2.24, 2.45) is 11.3 Å². The van der Waals surface area contributed by atoms with Crippen LogP contribution in [0.4, 0.5) is 0 Å². The highest BCUT2D eigenvalue weighted by atomic mass is 16.5. The predicted molar refractivity (Wildman–Crippen MR) is 162 cm³/mol. The quantitative estimate of drug-likeness (QED) is 0.460. The van der Waals surface area contributed by atoms with Crippen LogP contribution in [-0.2, 0) is 28.7 Å². The van der Waals surface area contributed by atoms with E-state index in [0.717, 1.165) is 16.5 Å². The molecule has 1 fully saturated rings. The number of carbonyl (C=O) groups excluding carboxylic acids is 4. The van der Waals surface area contributed by atoms with Crippen molar-refractivity contribution in [3.63, 3.8) is 0 Å². The standard InChI is InChI=1S/C32H43N5O6/c1-19(2)27-28(38)33-20(3)29(39)37-16-7-8-25(36-37)30(40)43-21(4)24-12-11-23-10-9-22(18-26(23)34-24)13-14-32(5,15-17-42-6)31(41)35-27/h9-14,18-21,25,27,36H,7-8,15-17H2,1-6H3,(H,33,38)(H,35,41)/t20-,21+,25-,27-,32?/m0/s1. The first-order valence-electron chi connectivity index (χ1n) is 14.9. The number of hydrogen-bond donors (Lipinski definition) is 3. The highest BCUT2D eigenvalue weighted by Gasteiger charge is 2.37. The van der Waals surface area contributed by atoms with Crippen LogP contribution in [0.1, 0.15) is 71.2 Å². The monoisotopic (exact) mass is 593 g/mol. The summed E-state index contributed by atoms with van der Waals surface area (Å²) in [5.41, 5.74) is 4.13. The number of aromatic nitrogens is 1. The number of amides is 3. The van der Waals surface area contributed by atoms with Crippen molar-refractivity contribution < 1.29 is 28.7 Å². The van der Waals surface area contributed by atoms with Gasteiger partial charge in [0.25, 0.3) is 5.91 Å². The van der Waals surface area contributed by atoms with Gasteiger partial charge in [0.05, 0.1) is 16.6 Å². The molecule has 5 bridgehead atoms. The number of carbonyl (C=O) groups is 4. The number of benzene rings is 1. The van der Waals surface area contributed by atoms with Crippen molar-refractivity contribution in [3.8, 4) is 0 Å². The molecule has 3 N–H and O–H groups in total. The van der Waals surface area contributed by atoms with Gasteiger partial charge in [0, 0.05) is 25.6 Å². The summed E-state index contributed by atoms with van der Waals surface area (Å²) in [7, 11) is 1.58. The number of methoxy groups -OCH3 is 1. The van der Waals surface area contributed by atoms with E-state index < -0.39 is 47.4 Å². The van der Waals surface area contributed by atoms with Gasteiger partial charge < -0.3 is 20.1 Å². The van der Waals surface area contributed by atoms with Crippen LogP contribution >= 0.6 is 0 Å². The zero-order valence-corrected chi connectivity index (χ0v) is 25.8. The number of hydrogen-bond acceptors (Lipinski definition) is 8. The zero-order chi connectivity index (χ0) is 31.3. The Kier molecular flexibility index (Phi) is 10.2. The Hall–Kier alpha value is -3.83. The molecule has 11 heteroatoms. The Morgan fingerprint density at radius 2 is 1.86 bits per heavy atom. The summed E-state index contributed by atoms with van der Waals surface area (Å²) in [6, 6.07) is 7.06. The topological polar surface area (TPSA) is 139 Å². The Morgan fingerprint density at radius 3 is 2.58 bits per heavy atom. The van der Waals surface area contributed by atoms with Gasteiger partial charge in [0.2, 0.25) is 11.8 Å². The molecule has 11 nitrogen and oxygen atoms in total. The van der Waals surface area contributed by atoms with E-state index in [1.54, 1.807) is 27.9 Å². The van der Waals surface area contributed by atoms with E-state index in [9.17, 15) is 19.2 Å². The van der Waals surface area contributed by atoms with Gasteiger partial charge in [-0.1, -0.05) is 44.2 Å². The van der Waals surface area contributed by atoms with Crippen LogP contribution in [-0.4, -0.2) is 72.1 Å². The fourth-order valence-corrected chi connectivity index (χ4v) is 5.22. The molecule has 0 radical (unpaired) electrons. The molecular weight excluding hydrogens is 550 g/mol. The minimum absolute atomic E-state index is 0.251. The van der Waals surface area contributed by atoms with E-state index in [1.807, 2.05) is 56.3 Å². The van der Waals surface area contributed by atoms with E-state index in [-0.39, 0.29) is 11.8 Å². The van der Waals surface area contributed by atoms with Gasteiger partial charge in [-0.15, -0.1) is 0 Å². The maximum absolute atomic E-state index is 13.7. The van der Waals surface area contributed by atoms with E-state index in [4.69, 9.17) is 14.5 Å². The molecule has 5 atom stereocenters. The Labute approximate surface area is 252 Å². The van der Waals surface area contributed by atoms with E-state index in [2.05, 4.69) is 16.1 Å². The zero-order valence-electron chi connectivity index (χ0n) is 25.8. The lowest BCUT2D eigenvalue weighted by Crippen LogP contribution is -2.61. The van der Waals surface area contributed by atoms with E-state index in [1.165, 1.54) is 5.01 Å². The molecule has 2 aliphatic rings. The average Bonchev–Trinajstić information content (AvgIpc) is 2.99. The normalized spacial score (nSPS) is 27.7. The first kappa shape index (κ1) is 32.1. The third-order valence-electron chi connectivity index (χ3n) is 8.14. The number of fused-ring (bicyclic) bond motifs is 4. The lowest BCUT2D eigenvalue weighted by Gasteiger charge is -2.35. The summed E-state index contributed by atoms with van der Waals surface area (Å²) >= 11 is 0. The van der Waals surface area contributed by atoms with Gasteiger partial charge in [0.1, 0.15) is 24.2 Å². The number of nitrogens with zero attached hydrogens (tertiary/aromatic N) is 2. The number of esters is 1. The van der Waals surface area contributed by atoms with Crippen molar-refractivity contribution >= 4 is 40.7 Å². The molecule has 4 rings (SSSR count). The molecule has 2 aliphatic heterocycles. The minimum Gasteiger partial charge on any atom is -0.455 e. The largest absolute Gasteiger partial charge is 0.455 e. The molecule has 1 unspecified atom stereocenters. The summed E-state index contributed by atoms with van der Waals surface area (Å²) in [5.74, 6) is -1.92. The predicted octanol–water partition coefficient (Wildman–Crippen LogP) is 3.05. The first-order valence-corrected chi connectivity index (χ1v) is 14.9. The lowest BCUT2D eigenvalue weighted by molar-refractivity contribution is -0.157. The average molecular weight is 594 g/mol. The molecule has 232 valence electrons. The minimum atomic E-state index is -0.997. The van der Waals surface area contributed by atoms with Crippen molar-refractivity contribution in [2.75, 3.05) is 20.3 Å². The van der Waals surface area contributed by atoms with Crippen LogP contribution in [0.25, 0.3) is 17.0 Å². The van der Waals surface area contributed by atoms with Gasteiger partial charge in [-0.3, -0.25) is 24.2 Å². The highest BCUT2D eigenvalue weighted by Crippen LogP contribution is 2.28. The summed E-state index contributed by atoms with van der Waals surface area (Å²) in [6.07, 6.45) is 4.53. The van der Waals surface area contributed by atoms with Crippen molar-refractivity contribution in [1.82, 2.24) is 26.1 Å². The van der Waals surface area contributed by atoms with Crippen molar-refractivity contribution in [2.45, 2.75) is 78.1 Å². The van der Waals surface area contributed by atoms with Crippen LogP contribution < -0.4 is 16.1 Å². The van der Waals surface area contributed by atoms with Gasteiger partial charge >= 0.3 is 5.97 Å². The molecule has 3 amide bonds. The van der Waals surface area contributed by atoms with Crippen LogP contribution in [0.15, 0.2) is 36.4 Å². The maximum Gasteiger partial charge on any atom is 0.325 e. The first-order chi connectivity index (χ1) is 20.4. The van der Waals surface area contributed by atoms with E-state index in [0.29, 0.717) is 38.1 Å². The SMILES string of the molecule is COCCC1(C)C=Cc2ccc3ccc(nc3c2)[C@@H](C)OC(=O)[C@@H]2CCCN(N2)C(=O)[C@H](C)NC(=O)[C@H](C(C)C)NC1=O. The third kappa shape index (κ3) is 7.58. The second-order valence-corrected chi connectivity index (χ2v) is 12.0. The number of nitrogens with one attached hydrogen (secondary N) is 3. The number of ether oxygens (including phenoxy) is 2. The number of rotatable bonds is 4. The fraction of sp³-hybridized carbons (Fsp3) is 0.531. The van der Waals surface area contributed by atoms with Crippen LogP contribution in [0.2, 0.25) is 0 Å². The van der Waals surface area contributed by atoms with Crippen LogP contribution in [0, 0.1) is 11.3 Å². The number of cyclic esters (lactones) is 1. The smallest absolute Gasteiger partial charge is 0.325 e. The molecule has 1 aromatic heterocycles. The number of hydrazine groups is 1. The van der Waals surface area contributed by atoms with Gasteiger partial charge in [-0.2, -0.15) is 0 Å². The molecule has 2 aromatic rings. The molecule has 0 aliphatic carbocycles. The van der Waals surface area contributed by atoms with Gasteiger partial charge in [-0.05, 0) is 63.6 Å². The summed E-state index contributed by atoms with van der Waals surface area (Å²) in [6.45, 7) is 9.53. The Morgan fingerprint density at radius 1 is 1.12 bits per heavy atom. The fourth-order valence-electron chi connectivity index (χ4n) is 5.22. The van der Waals surface area contributed by atoms with Crippen LogP contribution in [0.3, 0.4) is 0 Å². The Bertz CT molecular complexity index is 1390. The second-order valence-electron chi connectivity index (χ2n) is 12.0. The summed E-state index contributed by atoms with van der Waals surface area (Å²) < 4.78 is 11.1. The molecule has 0 saturated carbocycles. The third-order valence-corrected chi connectivity index (χ3v) is 8.14. The lowest BCUT2D eigenvalue weighted by atomic mass is 9.84. The summed E-state index contributed by atoms with van der Waals surface area (Å²) in [5, 5.41) is 7.96. The van der Waals surface area contributed by atoms with Crippen LogP contribution in [0.5, 0.6) is 0 Å². The van der Waals surface area contributed by atoms with E-state index >= 15 is 0 Å². The molecule has 43 heavy (non-hydrogen) atoms. The van der Waals surface area contributed by atoms with Gasteiger partial charge in [0.15, 0.2) is 0 Å². The molecule has 1 saturated heterocycles. The summed E-state index contributed by atoms with van der Waals surface area (Å²) in [4.78, 5) is 58.3.